The van der Waals surface area contributed by atoms with Gasteiger partial charge < -0.3 is 15.3 Å². The Hall–Kier alpha value is -1.82. The van der Waals surface area contributed by atoms with Crippen molar-refractivity contribution in [1.29, 1.82) is 0 Å². The molecule has 0 aliphatic carbocycles. The van der Waals surface area contributed by atoms with Crippen LogP contribution in [0.25, 0.3) is 11.1 Å². The largest absolute Gasteiger partial charge is 0.504 e. The molecule has 3 N–H and O–H groups in total. The second-order valence-electron chi connectivity index (χ2n) is 3.59. The van der Waals surface area contributed by atoms with E-state index in [9.17, 15) is 18.3 Å². The lowest BCUT2D eigenvalue weighted by molar-refractivity contribution is -0.137. The van der Waals surface area contributed by atoms with Crippen molar-refractivity contribution in [2.24, 2.45) is 0 Å². The summed E-state index contributed by atoms with van der Waals surface area (Å²) in [5.41, 5.74) is 4.53. The molecule has 0 aliphatic rings. The van der Waals surface area contributed by atoms with Crippen LogP contribution >= 0.6 is 11.6 Å². The summed E-state index contributed by atoms with van der Waals surface area (Å²) in [7, 11) is 0. The van der Waals surface area contributed by atoms with E-state index in [0.29, 0.717) is 0 Å². The van der Waals surface area contributed by atoms with Crippen molar-refractivity contribution < 1.29 is 22.7 Å². The highest BCUT2D eigenvalue weighted by molar-refractivity contribution is 6.31. The van der Waals surface area contributed by atoms with E-state index in [-0.39, 0.29) is 27.8 Å². The molecule has 2 rings (SSSR count). The number of anilines is 1. The predicted octanol–water partition coefficient (Wildman–Crippen LogP) is 3.91. The molecule has 3 nitrogen and oxygen atoms in total. The third-order valence-corrected chi connectivity index (χ3v) is 2.53. The van der Waals surface area contributed by atoms with Gasteiger partial charge >= 0.3 is 6.18 Å². The minimum Gasteiger partial charge on any atom is -0.504 e. The molecule has 0 fully saturated rings. The molecule has 0 saturated carbocycles. The quantitative estimate of drug-likeness (QED) is 0.831. The standard InChI is InChI=1S/C11H7ClF3NO2/c12-7-2-5(1-6(3-7)11(13,14)15)9-8(17)4-18-10(9)16/h1-4,17H,16H2. The topological polar surface area (TPSA) is 59.4 Å². The van der Waals surface area contributed by atoms with Crippen LogP contribution in [0.15, 0.2) is 28.9 Å². The molecule has 0 aliphatic heterocycles. The SMILES string of the molecule is Nc1occ(O)c1-c1cc(Cl)cc(C(F)(F)F)c1. The molecular formula is C11H7ClF3NO2. The van der Waals surface area contributed by atoms with Gasteiger partial charge in [0.2, 0.25) is 5.88 Å². The molecule has 0 spiro atoms. The molecule has 0 atom stereocenters. The molecule has 0 amide bonds. The molecule has 1 heterocycles. The van der Waals surface area contributed by atoms with Gasteiger partial charge in [-0.15, -0.1) is 0 Å². The first-order valence-corrected chi connectivity index (χ1v) is 5.11. The van der Waals surface area contributed by atoms with Gasteiger partial charge in [-0.25, -0.2) is 0 Å². The molecule has 7 heteroatoms. The van der Waals surface area contributed by atoms with Gasteiger partial charge in [0.15, 0.2) is 5.75 Å². The lowest BCUT2D eigenvalue weighted by Gasteiger charge is -2.09. The van der Waals surface area contributed by atoms with E-state index < -0.39 is 11.7 Å². The van der Waals surface area contributed by atoms with E-state index in [0.717, 1.165) is 18.4 Å². The van der Waals surface area contributed by atoms with Crippen molar-refractivity contribution in [3.8, 4) is 16.9 Å². The van der Waals surface area contributed by atoms with Gasteiger partial charge in [0, 0.05) is 5.02 Å². The Kier molecular flexibility index (Phi) is 2.90. The third kappa shape index (κ3) is 2.24. The highest BCUT2D eigenvalue weighted by Gasteiger charge is 2.31. The van der Waals surface area contributed by atoms with Gasteiger partial charge in [-0.05, 0) is 23.8 Å². The maximum Gasteiger partial charge on any atom is 0.416 e. The van der Waals surface area contributed by atoms with Crippen LogP contribution in [0.2, 0.25) is 5.02 Å². The Morgan fingerprint density at radius 3 is 2.39 bits per heavy atom. The summed E-state index contributed by atoms with van der Waals surface area (Å²) in [6.07, 6.45) is -3.59. The number of hydrogen-bond donors (Lipinski definition) is 2. The third-order valence-electron chi connectivity index (χ3n) is 2.31. The van der Waals surface area contributed by atoms with E-state index in [1.807, 2.05) is 0 Å². The summed E-state index contributed by atoms with van der Waals surface area (Å²) < 4.78 is 42.6. The maximum absolute atomic E-state index is 12.6. The minimum absolute atomic E-state index is 0.0111. The average Bonchev–Trinajstić information content (AvgIpc) is 2.56. The summed E-state index contributed by atoms with van der Waals surface area (Å²) in [5.74, 6) is -0.522. The van der Waals surface area contributed by atoms with Crippen LogP contribution in [-0.2, 0) is 6.18 Å². The summed E-state index contributed by atoms with van der Waals surface area (Å²) >= 11 is 5.62. The fourth-order valence-electron chi connectivity index (χ4n) is 1.55. The first kappa shape index (κ1) is 12.6. The van der Waals surface area contributed by atoms with Crippen LogP contribution < -0.4 is 5.73 Å². The zero-order valence-electron chi connectivity index (χ0n) is 8.75. The molecule has 0 unspecified atom stereocenters. The van der Waals surface area contributed by atoms with Crippen LogP contribution in [0, 0.1) is 0 Å². The van der Waals surface area contributed by atoms with Gasteiger partial charge in [-0.1, -0.05) is 11.6 Å². The molecule has 18 heavy (non-hydrogen) atoms. The number of halogens is 4. The first-order chi connectivity index (χ1) is 8.29. The molecule has 96 valence electrons. The van der Waals surface area contributed by atoms with E-state index in [1.54, 1.807) is 0 Å². The van der Waals surface area contributed by atoms with Crippen LogP contribution in [0.1, 0.15) is 5.56 Å². The van der Waals surface area contributed by atoms with Crippen LogP contribution in [-0.4, -0.2) is 5.11 Å². The van der Waals surface area contributed by atoms with Crippen molar-refractivity contribution in [1.82, 2.24) is 0 Å². The molecule has 1 aromatic heterocycles. The van der Waals surface area contributed by atoms with Crippen molar-refractivity contribution in [2.75, 3.05) is 5.73 Å². The lowest BCUT2D eigenvalue weighted by atomic mass is 10.0. The highest BCUT2D eigenvalue weighted by atomic mass is 35.5. The number of rotatable bonds is 1. The molecule has 2 aromatic rings. The van der Waals surface area contributed by atoms with Gasteiger partial charge in [-0.3, -0.25) is 0 Å². The van der Waals surface area contributed by atoms with Gasteiger partial charge in [0.1, 0.15) is 6.26 Å². The summed E-state index contributed by atoms with van der Waals surface area (Å²) in [6, 6.07) is 2.89. The fourth-order valence-corrected chi connectivity index (χ4v) is 1.79. The van der Waals surface area contributed by atoms with E-state index in [4.69, 9.17) is 21.8 Å². The van der Waals surface area contributed by atoms with Crippen molar-refractivity contribution in [3.63, 3.8) is 0 Å². The molecule has 0 saturated heterocycles. The number of nitrogen functional groups attached to an aromatic ring is 1. The highest BCUT2D eigenvalue weighted by Crippen LogP contribution is 2.40. The molecule has 1 aromatic carbocycles. The zero-order chi connectivity index (χ0) is 13.5. The van der Waals surface area contributed by atoms with Crippen molar-refractivity contribution >= 4 is 17.5 Å². The average molecular weight is 278 g/mol. The summed E-state index contributed by atoms with van der Waals surface area (Å²) in [5, 5.41) is 9.36. The van der Waals surface area contributed by atoms with Crippen LogP contribution in [0.5, 0.6) is 5.75 Å². The predicted molar refractivity (Wildman–Crippen MR) is 60.2 cm³/mol. The number of benzene rings is 1. The Labute approximate surface area is 105 Å². The lowest BCUT2D eigenvalue weighted by Crippen LogP contribution is -2.05. The maximum atomic E-state index is 12.6. The number of hydrogen-bond acceptors (Lipinski definition) is 3. The van der Waals surface area contributed by atoms with E-state index in [2.05, 4.69) is 0 Å². The Morgan fingerprint density at radius 2 is 1.89 bits per heavy atom. The van der Waals surface area contributed by atoms with Gasteiger partial charge in [-0.2, -0.15) is 13.2 Å². The van der Waals surface area contributed by atoms with Crippen molar-refractivity contribution in [3.05, 3.63) is 35.0 Å². The normalized spacial score (nSPS) is 11.8. The number of nitrogens with two attached hydrogens (primary N) is 1. The number of aromatic hydroxyl groups is 1. The van der Waals surface area contributed by atoms with Crippen LogP contribution in [0.3, 0.4) is 0 Å². The van der Waals surface area contributed by atoms with E-state index >= 15 is 0 Å². The molecule has 0 bridgehead atoms. The zero-order valence-corrected chi connectivity index (χ0v) is 9.51. The van der Waals surface area contributed by atoms with Gasteiger partial charge in [0.25, 0.3) is 0 Å². The molecular weight excluding hydrogens is 271 g/mol. The first-order valence-electron chi connectivity index (χ1n) is 4.73. The minimum atomic E-state index is -4.53. The number of alkyl halides is 3. The molecule has 0 radical (unpaired) electrons. The second kappa shape index (κ2) is 4.13. The summed E-state index contributed by atoms with van der Waals surface area (Å²) in [4.78, 5) is 0. The van der Waals surface area contributed by atoms with E-state index in [1.165, 1.54) is 6.07 Å². The Balaban J connectivity index is 2.63. The van der Waals surface area contributed by atoms with Crippen molar-refractivity contribution in [2.45, 2.75) is 6.18 Å². The van der Waals surface area contributed by atoms with Gasteiger partial charge in [0.05, 0.1) is 11.1 Å². The second-order valence-corrected chi connectivity index (χ2v) is 4.02. The monoisotopic (exact) mass is 277 g/mol. The fraction of sp³-hybridized carbons (Fsp3) is 0.0909. The number of furan rings is 1. The summed E-state index contributed by atoms with van der Waals surface area (Å²) in [6.45, 7) is 0. The smallest absolute Gasteiger partial charge is 0.416 e. The Bertz CT molecular complexity index is 573. The van der Waals surface area contributed by atoms with Crippen LogP contribution in [0.4, 0.5) is 19.1 Å². The Morgan fingerprint density at radius 1 is 1.22 bits per heavy atom.